The van der Waals surface area contributed by atoms with Crippen LogP contribution >= 0.6 is 23.4 Å². The number of likely N-dealkylation sites (tertiary alicyclic amines) is 1. The molecule has 0 bridgehead atoms. The molecule has 5 nitrogen and oxygen atoms in total. The zero-order valence-electron chi connectivity index (χ0n) is 17.9. The molecule has 2 amide bonds. The molecule has 0 atom stereocenters. The van der Waals surface area contributed by atoms with Crippen molar-refractivity contribution in [2.45, 2.75) is 37.1 Å². The van der Waals surface area contributed by atoms with E-state index in [9.17, 15) is 14.0 Å². The molecule has 2 aliphatic rings. The molecule has 2 aliphatic heterocycles. The van der Waals surface area contributed by atoms with E-state index in [4.69, 9.17) is 11.6 Å². The van der Waals surface area contributed by atoms with Crippen LogP contribution in [0.3, 0.4) is 0 Å². The molecule has 1 saturated heterocycles. The quantitative estimate of drug-likeness (QED) is 0.588. The number of carbonyl (C=O) groups is 2. The van der Waals surface area contributed by atoms with E-state index in [2.05, 4.69) is 10.2 Å². The zero-order valence-corrected chi connectivity index (χ0v) is 19.5. The van der Waals surface area contributed by atoms with Crippen molar-refractivity contribution < 1.29 is 14.0 Å². The summed E-state index contributed by atoms with van der Waals surface area (Å²) >= 11 is 7.60. The number of fused-ring (bicyclic) bond motifs is 1. The summed E-state index contributed by atoms with van der Waals surface area (Å²) in [6.45, 7) is 3.92. The molecular formula is C24H27ClFN3O2S. The number of halogens is 2. The van der Waals surface area contributed by atoms with Crippen LogP contribution in [-0.2, 0) is 11.3 Å². The lowest BCUT2D eigenvalue weighted by Crippen LogP contribution is -2.36. The highest BCUT2D eigenvalue weighted by molar-refractivity contribution is 8.00. The molecular weight excluding hydrogens is 449 g/mol. The number of nitrogens with one attached hydrogen (secondary N) is 1. The second-order valence-electron chi connectivity index (χ2n) is 8.16. The van der Waals surface area contributed by atoms with E-state index in [0.29, 0.717) is 17.8 Å². The summed E-state index contributed by atoms with van der Waals surface area (Å²) in [5.74, 6) is -0.492. The molecule has 2 aromatic carbocycles. The summed E-state index contributed by atoms with van der Waals surface area (Å²) in [6, 6.07) is 9.82. The van der Waals surface area contributed by atoms with Crippen molar-refractivity contribution in [1.82, 2.24) is 10.2 Å². The Kier molecular flexibility index (Phi) is 7.71. The van der Waals surface area contributed by atoms with Crippen molar-refractivity contribution >= 4 is 40.9 Å². The average molecular weight is 476 g/mol. The summed E-state index contributed by atoms with van der Waals surface area (Å²) in [4.78, 5) is 30.2. The first-order valence-electron chi connectivity index (χ1n) is 11.0. The first kappa shape index (κ1) is 23.1. The number of piperidine rings is 1. The molecule has 1 N–H and O–H groups in total. The topological polar surface area (TPSA) is 52.7 Å². The van der Waals surface area contributed by atoms with E-state index in [1.54, 1.807) is 18.2 Å². The van der Waals surface area contributed by atoms with Crippen LogP contribution in [0.4, 0.5) is 10.1 Å². The summed E-state index contributed by atoms with van der Waals surface area (Å²) in [5.41, 5.74) is 1.38. The lowest BCUT2D eigenvalue weighted by Gasteiger charge is -2.30. The van der Waals surface area contributed by atoms with Crippen molar-refractivity contribution in [3.05, 3.63) is 58.4 Å². The Bertz CT molecular complexity index is 977. The van der Waals surface area contributed by atoms with Crippen LogP contribution in [0.5, 0.6) is 0 Å². The molecule has 1 fully saturated rings. The third-order valence-corrected chi connectivity index (χ3v) is 7.33. The largest absolute Gasteiger partial charge is 0.352 e. The smallest absolute Gasteiger partial charge is 0.251 e. The Morgan fingerprint density at radius 3 is 2.75 bits per heavy atom. The molecule has 0 aromatic heterocycles. The third-order valence-electron chi connectivity index (χ3n) is 5.93. The van der Waals surface area contributed by atoms with Gasteiger partial charge in [-0.1, -0.05) is 24.1 Å². The van der Waals surface area contributed by atoms with Crippen molar-refractivity contribution in [3.8, 4) is 0 Å². The number of anilines is 1. The van der Waals surface area contributed by atoms with Gasteiger partial charge < -0.3 is 15.1 Å². The normalized spacial score (nSPS) is 16.7. The predicted octanol–water partition coefficient (Wildman–Crippen LogP) is 4.72. The first-order chi connectivity index (χ1) is 15.5. The van der Waals surface area contributed by atoms with Crippen LogP contribution in [0.2, 0.25) is 5.02 Å². The van der Waals surface area contributed by atoms with Crippen LogP contribution in [0.1, 0.15) is 41.6 Å². The number of thioether (sulfide) groups is 1. The van der Waals surface area contributed by atoms with Gasteiger partial charge in [0.05, 0.1) is 18.0 Å². The van der Waals surface area contributed by atoms with Gasteiger partial charge in [0.1, 0.15) is 5.82 Å². The lowest BCUT2D eigenvalue weighted by atomic mass is 10.1. The maximum atomic E-state index is 14.3. The Labute approximate surface area is 197 Å². The molecule has 32 heavy (non-hydrogen) atoms. The molecule has 0 unspecified atom stereocenters. The van der Waals surface area contributed by atoms with E-state index in [-0.39, 0.29) is 34.7 Å². The summed E-state index contributed by atoms with van der Waals surface area (Å²) in [7, 11) is 0. The highest BCUT2D eigenvalue weighted by Crippen LogP contribution is 2.37. The average Bonchev–Trinajstić information content (AvgIpc) is 2.80. The van der Waals surface area contributed by atoms with Crippen LogP contribution in [0, 0.1) is 5.82 Å². The Morgan fingerprint density at radius 2 is 1.97 bits per heavy atom. The highest BCUT2D eigenvalue weighted by atomic mass is 35.5. The van der Waals surface area contributed by atoms with Crippen LogP contribution < -0.4 is 10.2 Å². The van der Waals surface area contributed by atoms with Gasteiger partial charge in [-0.2, -0.15) is 0 Å². The van der Waals surface area contributed by atoms with E-state index in [1.807, 2.05) is 6.07 Å². The van der Waals surface area contributed by atoms with E-state index in [0.717, 1.165) is 31.0 Å². The Morgan fingerprint density at radius 1 is 1.16 bits per heavy atom. The van der Waals surface area contributed by atoms with Crippen molar-refractivity contribution in [3.63, 3.8) is 0 Å². The van der Waals surface area contributed by atoms with Gasteiger partial charge in [-0.25, -0.2) is 4.39 Å². The summed E-state index contributed by atoms with van der Waals surface area (Å²) in [6.07, 6.45) is 4.73. The minimum atomic E-state index is -0.451. The molecule has 0 aliphatic carbocycles. The Hall–Kier alpha value is -2.09. The molecule has 4 rings (SSSR count). The summed E-state index contributed by atoms with van der Waals surface area (Å²) in [5, 5.41) is 3.26. The number of rotatable bonds is 7. The van der Waals surface area contributed by atoms with Gasteiger partial charge >= 0.3 is 0 Å². The monoisotopic (exact) mass is 475 g/mol. The van der Waals surface area contributed by atoms with Gasteiger partial charge in [-0.15, -0.1) is 11.8 Å². The van der Waals surface area contributed by atoms with E-state index in [1.165, 1.54) is 48.1 Å². The molecule has 0 radical (unpaired) electrons. The lowest BCUT2D eigenvalue weighted by molar-refractivity contribution is -0.116. The molecule has 8 heteroatoms. The maximum absolute atomic E-state index is 14.3. The first-order valence-corrected chi connectivity index (χ1v) is 12.4. The number of nitrogens with zero attached hydrogens (tertiary/aromatic N) is 2. The fourth-order valence-corrected chi connectivity index (χ4v) is 5.29. The van der Waals surface area contributed by atoms with Gasteiger partial charge in [0.2, 0.25) is 5.91 Å². The zero-order chi connectivity index (χ0) is 22.5. The van der Waals surface area contributed by atoms with Crippen molar-refractivity contribution in [2.24, 2.45) is 0 Å². The van der Waals surface area contributed by atoms with Gasteiger partial charge in [-0.05, 0) is 69.2 Å². The van der Waals surface area contributed by atoms with E-state index >= 15 is 0 Å². The molecule has 2 aromatic rings. The number of benzene rings is 2. The highest BCUT2D eigenvalue weighted by Gasteiger charge is 2.27. The van der Waals surface area contributed by atoms with Crippen LogP contribution in [-0.4, -0.2) is 48.6 Å². The van der Waals surface area contributed by atoms with Gasteiger partial charge in [0, 0.05) is 27.6 Å². The van der Waals surface area contributed by atoms with Crippen molar-refractivity contribution in [1.29, 1.82) is 0 Å². The fourth-order valence-electron chi connectivity index (χ4n) is 4.15. The van der Waals surface area contributed by atoms with Gasteiger partial charge in [-0.3, -0.25) is 9.59 Å². The molecule has 0 spiro atoms. The number of hydrogen-bond donors (Lipinski definition) is 1. The second kappa shape index (κ2) is 10.7. The van der Waals surface area contributed by atoms with Crippen LogP contribution in [0.25, 0.3) is 0 Å². The minimum absolute atomic E-state index is 0.0266. The van der Waals surface area contributed by atoms with Gasteiger partial charge in [0.15, 0.2) is 0 Å². The van der Waals surface area contributed by atoms with Crippen molar-refractivity contribution in [2.75, 3.05) is 36.8 Å². The number of hydrogen-bond acceptors (Lipinski definition) is 4. The Balaban J connectivity index is 1.43. The molecule has 2 heterocycles. The van der Waals surface area contributed by atoms with Crippen LogP contribution in [0.15, 0.2) is 41.3 Å². The second-order valence-corrected chi connectivity index (χ2v) is 9.59. The predicted molar refractivity (Wildman–Crippen MR) is 127 cm³/mol. The minimum Gasteiger partial charge on any atom is -0.352 e. The standard InChI is InChI=1S/C24H27ClFN3O2S/c25-19-6-4-7-20(26)18(19)15-29-21-14-17(8-9-22(21)32-16-23(29)30)24(31)27-10-5-13-28-11-2-1-3-12-28/h4,6-9,14H,1-3,5,10-13,15-16H2,(H,27,31). The van der Waals surface area contributed by atoms with Gasteiger partial charge in [0.25, 0.3) is 5.91 Å². The number of amides is 2. The summed E-state index contributed by atoms with van der Waals surface area (Å²) < 4.78 is 14.3. The van der Waals surface area contributed by atoms with E-state index < -0.39 is 5.82 Å². The number of carbonyl (C=O) groups excluding carboxylic acids is 2. The molecule has 170 valence electrons. The third kappa shape index (κ3) is 5.45. The maximum Gasteiger partial charge on any atom is 0.251 e. The molecule has 0 saturated carbocycles. The SMILES string of the molecule is O=C(NCCCN1CCCCC1)c1ccc2c(c1)N(Cc1c(F)cccc1Cl)C(=O)CS2. The fraction of sp³-hybridized carbons (Fsp3) is 0.417.